The molecule has 3 rings (SSSR count). The molecule has 0 aliphatic heterocycles. The summed E-state index contributed by atoms with van der Waals surface area (Å²) in [5.41, 5.74) is 0. The van der Waals surface area contributed by atoms with Gasteiger partial charge in [-0.1, -0.05) is 0 Å². The molecule has 0 saturated heterocycles. The molecule has 0 spiro atoms. The average molecular weight is 474 g/mol. The van der Waals surface area contributed by atoms with E-state index >= 15 is 0 Å². The quantitative estimate of drug-likeness (QED) is 0.393. The van der Waals surface area contributed by atoms with Crippen molar-refractivity contribution < 1.29 is 0 Å². The van der Waals surface area contributed by atoms with Crippen molar-refractivity contribution >= 4 is 23.3 Å². The Hall–Kier alpha value is 0.0187. The monoisotopic (exact) mass is 475 g/mol. The average Bonchev–Trinajstić information content (AvgIpc) is 2.62. The molecule has 1 aromatic carbocycles. The van der Waals surface area contributed by atoms with Gasteiger partial charge in [-0.25, -0.2) is 0 Å². The maximum absolute atomic E-state index is 2.54. The van der Waals surface area contributed by atoms with Gasteiger partial charge >= 0.3 is 177 Å². The van der Waals surface area contributed by atoms with Crippen molar-refractivity contribution in [1.82, 2.24) is 0 Å². The Balaban J connectivity index is 2.02. The van der Waals surface area contributed by atoms with Gasteiger partial charge in [0.1, 0.15) is 0 Å². The Morgan fingerprint density at radius 3 is 1.56 bits per heavy atom. The molecule has 0 bridgehead atoms. The molecule has 0 amide bonds. The number of hydrogen-bond donors (Lipinski definition) is 0. The molecule has 2 aliphatic rings. The van der Waals surface area contributed by atoms with E-state index in [9.17, 15) is 0 Å². The summed E-state index contributed by atoms with van der Waals surface area (Å²) >= 11 is -1.82. The minimum atomic E-state index is -1.82. The summed E-state index contributed by atoms with van der Waals surface area (Å²) in [7, 11) is 0. The van der Waals surface area contributed by atoms with Crippen LogP contribution in [0.3, 0.4) is 0 Å². The molecule has 1 heteroatoms. The van der Waals surface area contributed by atoms with Gasteiger partial charge in [-0.3, -0.25) is 0 Å². The van der Waals surface area contributed by atoms with Crippen LogP contribution in [0.5, 0.6) is 0 Å². The SMILES string of the molecule is CC(C)[C@H]1CC[C@H](C)C[C@@H]1[Sn]([c]1ccccc1)[C@H]1C[C@@H](C)CC[C@@H]1C(C)C. The van der Waals surface area contributed by atoms with E-state index in [1.54, 1.807) is 0 Å². The van der Waals surface area contributed by atoms with Gasteiger partial charge in [0, 0.05) is 0 Å². The van der Waals surface area contributed by atoms with E-state index in [1.807, 2.05) is 3.58 Å². The molecule has 27 heavy (non-hydrogen) atoms. The van der Waals surface area contributed by atoms with Crippen LogP contribution >= 0.6 is 0 Å². The predicted octanol–water partition coefficient (Wildman–Crippen LogP) is 7.31. The minimum absolute atomic E-state index is 0.861. The summed E-state index contributed by atoms with van der Waals surface area (Å²) in [6.45, 7) is 15.1. The number of benzene rings is 1. The summed E-state index contributed by atoms with van der Waals surface area (Å²) in [5.74, 6) is 5.59. The van der Waals surface area contributed by atoms with Gasteiger partial charge in [-0.05, 0) is 0 Å². The van der Waals surface area contributed by atoms with Gasteiger partial charge in [0.25, 0.3) is 0 Å². The normalized spacial score (nSPS) is 35.1. The second-order valence-electron chi connectivity index (χ2n) is 10.7. The van der Waals surface area contributed by atoms with E-state index in [2.05, 4.69) is 71.9 Å². The Labute approximate surface area is 176 Å². The molecule has 151 valence electrons. The van der Waals surface area contributed by atoms with Crippen molar-refractivity contribution in [1.29, 1.82) is 0 Å². The molecule has 1 radical (unpaired) electrons. The zero-order chi connectivity index (χ0) is 19.6. The molecule has 0 aromatic heterocycles. The third-order valence-corrected chi connectivity index (χ3v) is 19.2. The van der Waals surface area contributed by atoms with Crippen molar-refractivity contribution in [2.75, 3.05) is 0 Å². The van der Waals surface area contributed by atoms with Crippen molar-refractivity contribution in [2.24, 2.45) is 35.5 Å². The second-order valence-corrected chi connectivity index (χ2v) is 19.2. The Kier molecular flexibility index (Phi) is 7.79. The first-order valence-electron chi connectivity index (χ1n) is 11.8. The van der Waals surface area contributed by atoms with E-state index < -0.39 is 19.8 Å². The number of rotatable bonds is 5. The van der Waals surface area contributed by atoms with Crippen molar-refractivity contribution in [2.45, 2.75) is 87.9 Å². The number of hydrogen-bond acceptors (Lipinski definition) is 0. The van der Waals surface area contributed by atoms with Crippen LogP contribution < -0.4 is 3.58 Å². The molecule has 1 aromatic rings. The first kappa shape index (κ1) is 21.7. The van der Waals surface area contributed by atoms with Crippen LogP contribution in [-0.2, 0) is 0 Å². The first-order chi connectivity index (χ1) is 12.9. The van der Waals surface area contributed by atoms with Crippen LogP contribution in [0.2, 0.25) is 7.87 Å². The van der Waals surface area contributed by atoms with Gasteiger partial charge in [-0.2, -0.15) is 0 Å². The van der Waals surface area contributed by atoms with Crippen LogP contribution in [0, 0.1) is 35.5 Å². The molecular weight excluding hydrogens is 431 g/mol. The van der Waals surface area contributed by atoms with Gasteiger partial charge in [-0.15, -0.1) is 0 Å². The Bertz CT molecular complexity index is 531. The fourth-order valence-corrected chi connectivity index (χ4v) is 21.6. The fraction of sp³-hybridized carbons (Fsp3) is 0.769. The zero-order valence-corrected chi connectivity index (χ0v) is 21.6. The van der Waals surface area contributed by atoms with Gasteiger partial charge < -0.3 is 0 Å². The molecule has 0 unspecified atom stereocenters. The zero-order valence-electron chi connectivity index (χ0n) is 18.7. The molecular formula is C26H43Sn. The summed E-state index contributed by atoms with van der Waals surface area (Å²) < 4.78 is 3.97. The van der Waals surface area contributed by atoms with Gasteiger partial charge in [0.2, 0.25) is 0 Å². The van der Waals surface area contributed by atoms with Crippen LogP contribution in [-0.4, -0.2) is 19.8 Å². The fourth-order valence-electron chi connectivity index (χ4n) is 6.45. The summed E-state index contributed by atoms with van der Waals surface area (Å²) in [6, 6.07) is 12.0. The molecule has 0 N–H and O–H groups in total. The third kappa shape index (κ3) is 5.14. The molecule has 2 saturated carbocycles. The Morgan fingerprint density at radius 1 is 0.704 bits per heavy atom. The van der Waals surface area contributed by atoms with E-state index in [-0.39, 0.29) is 0 Å². The van der Waals surface area contributed by atoms with E-state index in [0.29, 0.717) is 0 Å². The van der Waals surface area contributed by atoms with Crippen LogP contribution in [0.1, 0.15) is 80.1 Å². The maximum atomic E-state index is 2.54. The van der Waals surface area contributed by atoms with Crippen LogP contribution in [0.15, 0.2) is 30.3 Å². The molecule has 0 heterocycles. The van der Waals surface area contributed by atoms with E-state index in [4.69, 9.17) is 0 Å². The third-order valence-electron chi connectivity index (χ3n) is 7.95. The molecule has 0 nitrogen and oxygen atoms in total. The first-order valence-corrected chi connectivity index (χ1v) is 16.5. The van der Waals surface area contributed by atoms with Crippen molar-refractivity contribution in [3.05, 3.63) is 30.3 Å². The standard InChI is InChI=1S/2C10H19.C6H5.Sn/c2*1-8(2)10-6-4-9(3)5-7-10;1-2-4-6-5-3-1;/h2*6,8-10H,4-5,7H2,1-3H3;1-5H;/t2*9-,10-;;/m11../s1. The van der Waals surface area contributed by atoms with Crippen molar-refractivity contribution in [3.63, 3.8) is 0 Å². The molecule has 6 atom stereocenters. The molecule has 2 aliphatic carbocycles. The summed E-state index contributed by atoms with van der Waals surface area (Å²) in [5, 5.41) is 0. The van der Waals surface area contributed by atoms with Gasteiger partial charge in [0.15, 0.2) is 0 Å². The van der Waals surface area contributed by atoms with E-state index in [1.165, 1.54) is 38.5 Å². The topological polar surface area (TPSA) is 0 Å². The second kappa shape index (κ2) is 9.68. The summed E-state index contributed by atoms with van der Waals surface area (Å²) in [4.78, 5) is 0. The Morgan fingerprint density at radius 2 is 1.15 bits per heavy atom. The van der Waals surface area contributed by atoms with Crippen LogP contribution in [0.25, 0.3) is 0 Å². The van der Waals surface area contributed by atoms with E-state index in [0.717, 1.165) is 43.4 Å². The van der Waals surface area contributed by atoms with Crippen molar-refractivity contribution in [3.8, 4) is 0 Å². The van der Waals surface area contributed by atoms with Gasteiger partial charge in [0.05, 0.1) is 0 Å². The summed E-state index contributed by atoms with van der Waals surface area (Å²) in [6.07, 6.45) is 8.99. The predicted molar refractivity (Wildman–Crippen MR) is 122 cm³/mol. The van der Waals surface area contributed by atoms with Crippen LogP contribution in [0.4, 0.5) is 0 Å². The molecule has 2 fully saturated rings.